The van der Waals surface area contributed by atoms with Crippen LogP contribution in [-0.4, -0.2) is 23.4 Å². The maximum atomic E-state index is 11.5. The molecule has 2 aromatic carbocycles. The second-order valence-corrected chi connectivity index (χ2v) is 6.09. The summed E-state index contributed by atoms with van der Waals surface area (Å²) >= 11 is 1.38. The zero-order chi connectivity index (χ0) is 15.2. The van der Waals surface area contributed by atoms with Gasteiger partial charge in [0.15, 0.2) is 0 Å². The third-order valence-corrected chi connectivity index (χ3v) is 4.35. The van der Waals surface area contributed by atoms with Crippen LogP contribution < -0.4 is 4.74 Å². The monoisotopic (exact) mass is 302 g/mol. The number of hydrogen-bond acceptors (Lipinski definition) is 3. The van der Waals surface area contributed by atoms with Gasteiger partial charge in [0.1, 0.15) is 11.0 Å². The number of ether oxygens (including phenoxy) is 1. The molecule has 0 radical (unpaired) electrons. The van der Waals surface area contributed by atoms with Gasteiger partial charge in [0.05, 0.1) is 7.11 Å². The summed E-state index contributed by atoms with van der Waals surface area (Å²) in [5.41, 5.74) is 2.16. The molecule has 21 heavy (non-hydrogen) atoms. The molecule has 0 spiro atoms. The number of carboxylic acids is 1. The molecular formula is C17H18O3S. The predicted molar refractivity (Wildman–Crippen MR) is 85.2 cm³/mol. The zero-order valence-corrected chi connectivity index (χ0v) is 12.9. The molecule has 4 heteroatoms. The third kappa shape index (κ3) is 4.53. The fourth-order valence-electron chi connectivity index (χ4n) is 1.94. The molecule has 0 fully saturated rings. The van der Waals surface area contributed by atoms with Crippen molar-refractivity contribution in [3.8, 4) is 5.75 Å². The van der Waals surface area contributed by atoms with Gasteiger partial charge in [-0.3, -0.25) is 4.79 Å². The van der Waals surface area contributed by atoms with Crippen molar-refractivity contribution in [3.63, 3.8) is 0 Å². The molecule has 0 saturated heterocycles. The standard InChI is InChI=1S/C17H18O3S/c1-12-3-9-15(10-4-12)21-16(17(18)19)11-13-5-7-14(20-2)8-6-13/h3-10,16H,11H2,1-2H3,(H,18,19)/t16-/m0/s1. The van der Waals surface area contributed by atoms with Crippen LogP contribution in [0.4, 0.5) is 0 Å². The lowest BCUT2D eigenvalue weighted by Crippen LogP contribution is -2.19. The summed E-state index contributed by atoms with van der Waals surface area (Å²) in [5.74, 6) is -0.0202. The van der Waals surface area contributed by atoms with Gasteiger partial charge in [0, 0.05) is 4.90 Å². The van der Waals surface area contributed by atoms with Gasteiger partial charge in [-0.05, 0) is 43.2 Å². The maximum Gasteiger partial charge on any atom is 0.317 e. The number of carbonyl (C=O) groups is 1. The van der Waals surface area contributed by atoms with Crippen molar-refractivity contribution >= 4 is 17.7 Å². The first-order chi connectivity index (χ1) is 10.1. The molecule has 0 amide bonds. The van der Waals surface area contributed by atoms with E-state index in [4.69, 9.17) is 4.74 Å². The molecule has 0 unspecified atom stereocenters. The molecule has 0 aliphatic carbocycles. The minimum atomic E-state index is -0.795. The third-order valence-electron chi connectivity index (χ3n) is 3.15. The minimum absolute atomic E-state index is 0.484. The predicted octanol–water partition coefficient (Wildman–Crippen LogP) is 3.79. The molecule has 0 aliphatic heterocycles. The van der Waals surface area contributed by atoms with Crippen molar-refractivity contribution in [2.75, 3.05) is 7.11 Å². The molecule has 0 saturated carbocycles. The summed E-state index contributed by atoms with van der Waals surface area (Å²) in [7, 11) is 1.61. The van der Waals surface area contributed by atoms with Crippen LogP contribution in [0.2, 0.25) is 0 Å². The average Bonchev–Trinajstić information content (AvgIpc) is 2.49. The summed E-state index contributed by atoms with van der Waals surface area (Å²) < 4.78 is 5.11. The Bertz CT molecular complexity index is 590. The van der Waals surface area contributed by atoms with Crippen LogP contribution in [0, 0.1) is 6.92 Å². The highest BCUT2D eigenvalue weighted by Gasteiger charge is 2.19. The lowest BCUT2D eigenvalue weighted by molar-refractivity contribution is -0.136. The molecule has 2 rings (SSSR count). The molecule has 1 atom stereocenters. The minimum Gasteiger partial charge on any atom is -0.497 e. The topological polar surface area (TPSA) is 46.5 Å². The molecule has 0 aliphatic rings. The van der Waals surface area contributed by atoms with E-state index in [-0.39, 0.29) is 0 Å². The largest absolute Gasteiger partial charge is 0.497 e. The molecule has 0 bridgehead atoms. The van der Waals surface area contributed by atoms with Crippen LogP contribution in [0.25, 0.3) is 0 Å². The summed E-state index contributed by atoms with van der Waals surface area (Å²) in [5, 5.41) is 8.91. The van der Waals surface area contributed by atoms with E-state index in [1.807, 2.05) is 55.5 Å². The second kappa shape index (κ2) is 7.18. The van der Waals surface area contributed by atoms with Crippen LogP contribution >= 0.6 is 11.8 Å². The van der Waals surface area contributed by atoms with E-state index in [0.717, 1.165) is 16.2 Å². The Balaban J connectivity index is 2.07. The number of carboxylic acid groups (broad SMARTS) is 1. The van der Waals surface area contributed by atoms with Crippen molar-refractivity contribution in [1.29, 1.82) is 0 Å². The summed E-state index contributed by atoms with van der Waals surface area (Å²) in [6.07, 6.45) is 0.484. The molecule has 0 aromatic heterocycles. The first-order valence-corrected chi connectivity index (χ1v) is 7.55. The number of aryl methyl sites for hydroxylation is 1. The van der Waals surface area contributed by atoms with Gasteiger partial charge in [0.25, 0.3) is 0 Å². The number of thioether (sulfide) groups is 1. The van der Waals surface area contributed by atoms with Gasteiger partial charge in [-0.1, -0.05) is 29.8 Å². The van der Waals surface area contributed by atoms with Gasteiger partial charge in [-0.15, -0.1) is 11.8 Å². The normalized spacial score (nSPS) is 11.9. The smallest absolute Gasteiger partial charge is 0.317 e. The number of methoxy groups -OCH3 is 1. The first kappa shape index (κ1) is 15.4. The fraction of sp³-hybridized carbons (Fsp3) is 0.235. The number of benzene rings is 2. The molecule has 3 nitrogen and oxygen atoms in total. The van der Waals surface area contributed by atoms with Crippen molar-refractivity contribution in [1.82, 2.24) is 0 Å². The van der Waals surface area contributed by atoms with Crippen LogP contribution in [0.3, 0.4) is 0 Å². The van der Waals surface area contributed by atoms with E-state index >= 15 is 0 Å². The van der Waals surface area contributed by atoms with Gasteiger partial charge >= 0.3 is 5.97 Å². The van der Waals surface area contributed by atoms with Crippen LogP contribution in [0.5, 0.6) is 5.75 Å². The Hall–Kier alpha value is -1.94. The van der Waals surface area contributed by atoms with Crippen molar-refractivity contribution in [3.05, 3.63) is 59.7 Å². The Kier molecular flexibility index (Phi) is 5.28. The second-order valence-electron chi connectivity index (χ2n) is 4.81. The molecule has 0 heterocycles. The number of rotatable bonds is 6. The lowest BCUT2D eigenvalue weighted by Gasteiger charge is -2.12. The van der Waals surface area contributed by atoms with E-state index in [0.29, 0.717) is 6.42 Å². The summed E-state index contributed by atoms with van der Waals surface area (Å²) in [6, 6.07) is 15.4. The Morgan fingerprint density at radius 2 is 1.76 bits per heavy atom. The first-order valence-electron chi connectivity index (χ1n) is 6.67. The van der Waals surface area contributed by atoms with E-state index in [2.05, 4.69) is 0 Å². The Morgan fingerprint density at radius 3 is 2.29 bits per heavy atom. The van der Waals surface area contributed by atoms with Gasteiger partial charge in [-0.25, -0.2) is 0 Å². The van der Waals surface area contributed by atoms with Gasteiger partial charge in [0.2, 0.25) is 0 Å². The highest BCUT2D eigenvalue weighted by Crippen LogP contribution is 2.27. The molecule has 110 valence electrons. The SMILES string of the molecule is COc1ccc(C[C@H](Sc2ccc(C)cc2)C(=O)O)cc1. The average molecular weight is 302 g/mol. The van der Waals surface area contributed by atoms with Crippen molar-refractivity contribution in [2.45, 2.75) is 23.5 Å². The van der Waals surface area contributed by atoms with E-state index in [9.17, 15) is 9.90 Å². The highest BCUT2D eigenvalue weighted by atomic mass is 32.2. The fourth-order valence-corrected chi connectivity index (χ4v) is 2.93. The Morgan fingerprint density at radius 1 is 1.14 bits per heavy atom. The summed E-state index contributed by atoms with van der Waals surface area (Å²) in [6.45, 7) is 2.01. The lowest BCUT2D eigenvalue weighted by atomic mass is 10.1. The van der Waals surface area contributed by atoms with Crippen molar-refractivity contribution < 1.29 is 14.6 Å². The Labute approximate surface area is 129 Å². The van der Waals surface area contributed by atoms with E-state index in [1.54, 1.807) is 7.11 Å². The van der Waals surface area contributed by atoms with E-state index in [1.165, 1.54) is 17.3 Å². The van der Waals surface area contributed by atoms with Crippen LogP contribution in [-0.2, 0) is 11.2 Å². The molecule has 1 N–H and O–H groups in total. The van der Waals surface area contributed by atoms with Crippen LogP contribution in [0.15, 0.2) is 53.4 Å². The zero-order valence-electron chi connectivity index (χ0n) is 12.1. The van der Waals surface area contributed by atoms with Crippen molar-refractivity contribution in [2.24, 2.45) is 0 Å². The number of hydrogen-bond donors (Lipinski definition) is 1. The van der Waals surface area contributed by atoms with Gasteiger partial charge < -0.3 is 9.84 Å². The summed E-state index contributed by atoms with van der Waals surface area (Å²) in [4.78, 5) is 12.4. The number of aliphatic carboxylic acids is 1. The van der Waals surface area contributed by atoms with E-state index < -0.39 is 11.2 Å². The maximum absolute atomic E-state index is 11.5. The van der Waals surface area contributed by atoms with Crippen LogP contribution in [0.1, 0.15) is 11.1 Å². The quantitative estimate of drug-likeness (QED) is 0.825. The van der Waals surface area contributed by atoms with Gasteiger partial charge in [-0.2, -0.15) is 0 Å². The molecule has 2 aromatic rings. The highest BCUT2D eigenvalue weighted by molar-refractivity contribution is 8.00. The molecular weight excluding hydrogens is 284 g/mol.